The number of hydrogen-bond donors (Lipinski definition) is 2. The van der Waals surface area contributed by atoms with Gasteiger partial charge in [0.15, 0.2) is 0 Å². The third-order valence-corrected chi connectivity index (χ3v) is 2.11. The Morgan fingerprint density at radius 2 is 2.41 bits per heavy atom. The summed E-state index contributed by atoms with van der Waals surface area (Å²) >= 11 is 0. The van der Waals surface area contributed by atoms with Crippen LogP contribution in [-0.4, -0.2) is 26.9 Å². The Labute approximate surface area is 96.4 Å². The van der Waals surface area contributed by atoms with E-state index in [1.54, 1.807) is 14.0 Å². The summed E-state index contributed by atoms with van der Waals surface area (Å²) in [6.07, 6.45) is 1.43. The van der Waals surface area contributed by atoms with E-state index in [9.17, 15) is 14.9 Å². The fourth-order valence-electron chi connectivity index (χ4n) is 1.28. The predicted molar refractivity (Wildman–Crippen MR) is 59.5 cm³/mol. The number of aryl methyl sites for hydroxylation is 1. The number of nitrogens with one attached hydrogen (secondary N) is 1. The standard InChI is InChI=1S/C8H12N6O3/c1-5-7(14(16)17)6(12-13(5)2)3-4-10-11-8(9)15/h4H,3H2,1-2H3,(H3,9,11,15). The second kappa shape index (κ2) is 5.05. The number of aromatic nitrogens is 2. The molecule has 1 aromatic rings. The summed E-state index contributed by atoms with van der Waals surface area (Å²) in [6.45, 7) is 1.60. The molecule has 0 saturated heterocycles. The van der Waals surface area contributed by atoms with Crippen molar-refractivity contribution >= 4 is 17.9 Å². The zero-order chi connectivity index (χ0) is 13.0. The smallest absolute Gasteiger partial charge is 0.332 e. The number of nitrogens with two attached hydrogens (primary N) is 1. The highest BCUT2D eigenvalue weighted by Gasteiger charge is 2.22. The van der Waals surface area contributed by atoms with Gasteiger partial charge < -0.3 is 5.73 Å². The lowest BCUT2D eigenvalue weighted by molar-refractivity contribution is -0.386. The van der Waals surface area contributed by atoms with Crippen LogP contribution in [0.25, 0.3) is 0 Å². The Bertz CT molecular complexity index is 478. The maximum absolute atomic E-state index is 10.8. The largest absolute Gasteiger partial charge is 0.350 e. The van der Waals surface area contributed by atoms with Crippen LogP contribution in [0.5, 0.6) is 0 Å². The van der Waals surface area contributed by atoms with E-state index in [0.29, 0.717) is 5.69 Å². The predicted octanol–water partition coefficient (Wildman–Crippen LogP) is -0.167. The van der Waals surface area contributed by atoms with E-state index in [2.05, 4.69) is 10.2 Å². The lowest BCUT2D eigenvalue weighted by Crippen LogP contribution is -2.24. The van der Waals surface area contributed by atoms with Gasteiger partial charge >= 0.3 is 11.7 Å². The molecular weight excluding hydrogens is 228 g/mol. The highest BCUT2D eigenvalue weighted by Crippen LogP contribution is 2.21. The number of rotatable bonds is 4. The van der Waals surface area contributed by atoms with Crippen molar-refractivity contribution in [3.8, 4) is 0 Å². The van der Waals surface area contributed by atoms with E-state index < -0.39 is 11.0 Å². The van der Waals surface area contributed by atoms with E-state index in [0.717, 1.165) is 0 Å². The van der Waals surface area contributed by atoms with Crippen molar-refractivity contribution in [3.63, 3.8) is 0 Å². The Morgan fingerprint density at radius 3 is 2.94 bits per heavy atom. The lowest BCUT2D eigenvalue weighted by Gasteiger charge is -1.92. The van der Waals surface area contributed by atoms with Crippen LogP contribution in [0, 0.1) is 17.0 Å². The molecule has 1 aromatic heterocycles. The molecule has 0 aliphatic heterocycles. The van der Waals surface area contributed by atoms with Crippen LogP contribution >= 0.6 is 0 Å². The Hall–Kier alpha value is -2.45. The summed E-state index contributed by atoms with van der Waals surface area (Å²) in [5, 5.41) is 18.3. The molecule has 0 fully saturated rings. The van der Waals surface area contributed by atoms with Gasteiger partial charge in [-0.25, -0.2) is 10.2 Å². The summed E-state index contributed by atoms with van der Waals surface area (Å²) in [5.41, 5.74) is 7.47. The summed E-state index contributed by atoms with van der Waals surface area (Å²) in [5.74, 6) is 0. The molecule has 3 N–H and O–H groups in total. The molecule has 9 nitrogen and oxygen atoms in total. The first-order chi connectivity index (χ1) is 7.93. The maximum Gasteiger partial charge on any atom is 0.332 e. The molecule has 2 amide bonds. The van der Waals surface area contributed by atoms with Crippen LogP contribution in [-0.2, 0) is 13.5 Å². The Balaban J connectivity index is 2.84. The molecule has 0 spiro atoms. The number of carbonyl (C=O) groups excluding carboxylic acids is 1. The van der Waals surface area contributed by atoms with Gasteiger partial charge in [0.1, 0.15) is 11.4 Å². The van der Waals surface area contributed by atoms with E-state index in [4.69, 9.17) is 5.73 Å². The fourth-order valence-corrected chi connectivity index (χ4v) is 1.28. The topological polar surface area (TPSA) is 128 Å². The van der Waals surface area contributed by atoms with Gasteiger partial charge in [-0.1, -0.05) is 0 Å². The highest BCUT2D eigenvalue weighted by atomic mass is 16.6. The first-order valence-electron chi connectivity index (χ1n) is 4.67. The van der Waals surface area contributed by atoms with Gasteiger partial charge in [0.2, 0.25) is 0 Å². The third kappa shape index (κ3) is 3.00. The second-order valence-corrected chi connectivity index (χ2v) is 3.25. The zero-order valence-corrected chi connectivity index (χ0v) is 9.38. The summed E-state index contributed by atoms with van der Waals surface area (Å²) in [4.78, 5) is 20.6. The van der Waals surface area contributed by atoms with Crippen molar-refractivity contribution in [3.05, 3.63) is 21.5 Å². The van der Waals surface area contributed by atoms with Crippen molar-refractivity contribution in [2.24, 2.45) is 17.9 Å². The Kier molecular flexibility index (Phi) is 3.75. The average molecular weight is 240 g/mol. The minimum absolute atomic E-state index is 0.0435. The van der Waals surface area contributed by atoms with Crippen LogP contribution in [0.15, 0.2) is 5.10 Å². The number of carbonyl (C=O) groups is 1. The molecule has 0 aliphatic rings. The van der Waals surface area contributed by atoms with Crippen molar-refractivity contribution in [1.82, 2.24) is 15.2 Å². The van der Waals surface area contributed by atoms with E-state index >= 15 is 0 Å². The maximum atomic E-state index is 10.8. The first-order valence-corrected chi connectivity index (χ1v) is 4.67. The fraction of sp³-hybridized carbons (Fsp3) is 0.375. The van der Waals surface area contributed by atoms with Crippen LogP contribution < -0.4 is 11.2 Å². The number of amides is 2. The minimum Gasteiger partial charge on any atom is -0.350 e. The van der Waals surface area contributed by atoms with Gasteiger partial charge in [0.05, 0.1) is 4.92 Å². The van der Waals surface area contributed by atoms with E-state index in [1.165, 1.54) is 10.9 Å². The summed E-state index contributed by atoms with van der Waals surface area (Å²) in [6, 6.07) is -0.798. The molecule has 1 heterocycles. The van der Waals surface area contributed by atoms with E-state index in [1.807, 2.05) is 5.43 Å². The molecule has 0 radical (unpaired) electrons. The second-order valence-electron chi connectivity index (χ2n) is 3.25. The summed E-state index contributed by atoms with van der Waals surface area (Å²) < 4.78 is 1.42. The highest BCUT2D eigenvalue weighted by molar-refractivity contribution is 5.73. The monoisotopic (exact) mass is 240 g/mol. The van der Waals surface area contributed by atoms with Crippen molar-refractivity contribution < 1.29 is 9.72 Å². The number of hydrazone groups is 1. The molecule has 1 rings (SSSR count). The van der Waals surface area contributed by atoms with Crippen molar-refractivity contribution in [1.29, 1.82) is 0 Å². The van der Waals surface area contributed by atoms with Gasteiger partial charge in [0.25, 0.3) is 0 Å². The molecule has 0 unspecified atom stereocenters. The molecule has 0 aliphatic carbocycles. The first kappa shape index (κ1) is 12.6. The number of hydrogen-bond acceptors (Lipinski definition) is 5. The molecule has 0 atom stereocenters. The molecule has 0 aromatic carbocycles. The Morgan fingerprint density at radius 1 is 1.76 bits per heavy atom. The van der Waals surface area contributed by atoms with Gasteiger partial charge in [-0.05, 0) is 6.92 Å². The number of nitro groups is 1. The molecular formula is C8H12N6O3. The third-order valence-electron chi connectivity index (χ3n) is 2.11. The van der Waals surface area contributed by atoms with Gasteiger partial charge in [0, 0.05) is 19.7 Å². The van der Waals surface area contributed by atoms with Crippen LogP contribution in [0.4, 0.5) is 10.5 Å². The molecule has 9 heteroatoms. The van der Waals surface area contributed by atoms with Gasteiger partial charge in [-0.15, -0.1) is 0 Å². The average Bonchev–Trinajstić information content (AvgIpc) is 2.49. The van der Waals surface area contributed by atoms with Crippen molar-refractivity contribution in [2.45, 2.75) is 13.3 Å². The number of primary amides is 1. The van der Waals surface area contributed by atoms with Crippen molar-refractivity contribution in [2.75, 3.05) is 0 Å². The van der Waals surface area contributed by atoms with Gasteiger partial charge in [-0.2, -0.15) is 10.2 Å². The van der Waals surface area contributed by atoms with Crippen LogP contribution in [0.3, 0.4) is 0 Å². The van der Waals surface area contributed by atoms with Gasteiger partial charge in [-0.3, -0.25) is 14.8 Å². The zero-order valence-electron chi connectivity index (χ0n) is 9.38. The molecule has 92 valence electrons. The normalized spacial score (nSPS) is 10.7. The molecule has 0 saturated carbocycles. The van der Waals surface area contributed by atoms with E-state index in [-0.39, 0.29) is 17.8 Å². The molecule has 17 heavy (non-hydrogen) atoms. The quantitative estimate of drug-likeness (QED) is 0.430. The van der Waals surface area contributed by atoms with Crippen LogP contribution in [0.1, 0.15) is 11.4 Å². The lowest BCUT2D eigenvalue weighted by atomic mass is 10.2. The minimum atomic E-state index is -0.798. The van der Waals surface area contributed by atoms with Crippen LogP contribution in [0.2, 0.25) is 0 Å². The number of nitrogens with zero attached hydrogens (tertiary/aromatic N) is 4. The number of urea groups is 1. The SMILES string of the molecule is Cc1c([N+](=O)[O-])c(CC=NNC(N)=O)nn1C. The molecule has 0 bridgehead atoms. The summed E-state index contributed by atoms with van der Waals surface area (Å²) in [7, 11) is 1.62.